The van der Waals surface area contributed by atoms with Crippen LogP contribution in [0.15, 0.2) is 24.3 Å². The van der Waals surface area contributed by atoms with Gasteiger partial charge in [0, 0.05) is 12.6 Å². The van der Waals surface area contributed by atoms with Crippen molar-refractivity contribution >= 4 is 17.5 Å². The van der Waals surface area contributed by atoms with E-state index in [1.54, 1.807) is 6.92 Å². The number of nitro groups is 1. The second-order valence-corrected chi connectivity index (χ2v) is 3.86. The summed E-state index contributed by atoms with van der Waals surface area (Å²) >= 11 is 0. The molecule has 0 aliphatic heterocycles. The van der Waals surface area contributed by atoms with Crippen molar-refractivity contribution in [2.75, 3.05) is 6.54 Å². The molecule has 1 aromatic carbocycles. The van der Waals surface area contributed by atoms with E-state index in [9.17, 15) is 19.7 Å². The van der Waals surface area contributed by atoms with Crippen LogP contribution in [0, 0.1) is 10.1 Å². The fourth-order valence-electron chi connectivity index (χ4n) is 1.49. The van der Waals surface area contributed by atoms with Crippen molar-refractivity contribution in [3.63, 3.8) is 0 Å². The average Bonchev–Trinajstić information content (AvgIpc) is 2.38. The molecule has 0 aliphatic carbocycles. The fourth-order valence-corrected chi connectivity index (χ4v) is 1.49. The Bertz CT molecular complexity index is 502. The minimum absolute atomic E-state index is 0.0661. The smallest absolute Gasteiger partial charge is 0.282 e. The summed E-state index contributed by atoms with van der Waals surface area (Å²) in [6.45, 7) is 3.72. The topological polar surface area (TPSA) is 101 Å². The first-order valence-corrected chi connectivity index (χ1v) is 5.79. The Kier molecular flexibility index (Phi) is 4.99. The van der Waals surface area contributed by atoms with Crippen LogP contribution in [-0.2, 0) is 4.79 Å². The van der Waals surface area contributed by atoms with Crippen LogP contribution < -0.4 is 10.6 Å². The first-order chi connectivity index (χ1) is 8.97. The number of rotatable bonds is 5. The van der Waals surface area contributed by atoms with Crippen molar-refractivity contribution < 1.29 is 14.5 Å². The Balaban J connectivity index is 2.84. The van der Waals surface area contributed by atoms with Gasteiger partial charge in [0.1, 0.15) is 11.6 Å². The number of carbonyl (C=O) groups is 2. The van der Waals surface area contributed by atoms with Crippen LogP contribution in [0.2, 0.25) is 0 Å². The van der Waals surface area contributed by atoms with Crippen LogP contribution in [-0.4, -0.2) is 29.3 Å². The van der Waals surface area contributed by atoms with Gasteiger partial charge in [-0.3, -0.25) is 19.7 Å². The quantitative estimate of drug-likeness (QED) is 0.608. The number of likely N-dealkylation sites (N-methyl/N-ethyl adjacent to an activating group) is 1. The molecule has 0 unspecified atom stereocenters. The molecule has 0 heterocycles. The van der Waals surface area contributed by atoms with E-state index in [1.807, 2.05) is 0 Å². The van der Waals surface area contributed by atoms with Gasteiger partial charge >= 0.3 is 0 Å². The SMILES string of the molecule is CCNC(=O)[C@@H](C)NC(=O)c1ccccc1[N+](=O)[O-]. The van der Waals surface area contributed by atoms with E-state index in [-0.39, 0.29) is 17.2 Å². The number of hydrogen-bond donors (Lipinski definition) is 2. The van der Waals surface area contributed by atoms with Crippen molar-refractivity contribution in [1.82, 2.24) is 10.6 Å². The van der Waals surface area contributed by atoms with Gasteiger partial charge in [0.05, 0.1) is 4.92 Å². The van der Waals surface area contributed by atoms with Gasteiger partial charge in [-0.1, -0.05) is 12.1 Å². The predicted molar refractivity (Wildman–Crippen MR) is 68.7 cm³/mol. The third-order valence-corrected chi connectivity index (χ3v) is 2.44. The van der Waals surface area contributed by atoms with E-state index in [2.05, 4.69) is 10.6 Å². The molecule has 7 nitrogen and oxygen atoms in total. The molecule has 102 valence electrons. The lowest BCUT2D eigenvalue weighted by atomic mass is 10.1. The number of benzene rings is 1. The molecule has 2 N–H and O–H groups in total. The van der Waals surface area contributed by atoms with Gasteiger partial charge < -0.3 is 10.6 Å². The zero-order chi connectivity index (χ0) is 14.4. The van der Waals surface area contributed by atoms with Crippen molar-refractivity contribution in [2.24, 2.45) is 0 Å². The maximum Gasteiger partial charge on any atom is 0.282 e. The largest absolute Gasteiger partial charge is 0.355 e. The van der Waals surface area contributed by atoms with Crippen molar-refractivity contribution in [3.8, 4) is 0 Å². The summed E-state index contributed by atoms with van der Waals surface area (Å²) in [7, 11) is 0. The lowest BCUT2D eigenvalue weighted by molar-refractivity contribution is -0.385. The number of hydrogen-bond acceptors (Lipinski definition) is 4. The van der Waals surface area contributed by atoms with Gasteiger partial charge in [-0.15, -0.1) is 0 Å². The second kappa shape index (κ2) is 6.48. The van der Waals surface area contributed by atoms with Crippen molar-refractivity contribution in [1.29, 1.82) is 0 Å². The van der Waals surface area contributed by atoms with Crippen LogP contribution in [0.1, 0.15) is 24.2 Å². The monoisotopic (exact) mass is 265 g/mol. The average molecular weight is 265 g/mol. The zero-order valence-corrected chi connectivity index (χ0v) is 10.7. The Hall–Kier alpha value is -2.44. The van der Waals surface area contributed by atoms with Crippen LogP contribution in [0.3, 0.4) is 0 Å². The third kappa shape index (κ3) is 3.77. The molecule has 0 radical (unpaired) electrons. The highest BCUT2D eigenvalue weighted by atomic mass is 16.6. The highest BCUT2D eigenvalue weighted by Gasteiger charge is 2.22. The normalized spacial score (nSPS) is 11.5. The Morgan fingerprint density at radius 1 is 1.37 bits per heavy atom. The van der Waals surface area contributed by atoms with Gasteiger partial charge in [-0.25, -0.2) is 0 Å². The van der Waals surface area contributed by atoms with E-state index in [1.165, 1.54) is 31.2 Å². The number of nitrogens with one attached hydrogen (secondary N) is 2. The second-order valence-electron chi connectivity index (χ2n) is 3.86. The van der Waals surface area contributed by atoms with Gasteiger partial charge in [0.2, 0.25) is 5.91 Å². The molecule has 0 aromatic heterocycles. The summed E-state index contributed by atoms with van der Waals surface area (Å²) in [6.07, 6.45) is 0. The highest BCUT2D eigenvalue weighted by molar-refractivity contribution is 6.00. The Labute approximate surface area is 110 Å². The minimum atomic E-state index is -0.757. The van der Waals surface area contributed by atoms with E-state index < -0.39 is 16.9 Å². The zero-order valence-electron chi connectivity index (χ0n) is 10.7. The molecule has 1 aromatic rings. The first kappa shape index (κ1) is 14.6. The molecule has 2 amide bonds. The maximum atomic E-state index is 11.9. The van der Waals surface area contributed by atoms with Gasteiger partial charge in [-0.05, 0) is 19.9 Å². The summed E-state index contributed by atoms with van der Waals surface area (Å²) in [4.78, 5) is 33.5. The van der Waals surface area contributed by atoms with Crippen molar-refractivity contribution in [2.45, 2.75) is 19.9 Å². The number of nitrogens with zero attached hydrogens (tertiary/aromatic N) is 1. The van der Waals surface area contributed by atoms with E-state index in [4.69, 9.17) is 0 Å². The maximum absolute atomic E-state index is 11.9. The number of nitro benzene ring substituents is 1. The van der Waals surface area contributed by atoms with Crippen LogP contribution in [0.25, 0.3) is 0 Å². The van der Waals surface area contributed by atoms with Crippen molar-refractivity contribution in [3.05, 3.63) is 39.9 Å². The summed E-state index contributed by atoms with van der Waals surface area (Å²) in [5.74, 6) is -0.986. The molecule has 0 fully saturated rings. The lowest BCUT2D eigenvalue weighted by Gasteiger charge is -2.13. The summed E-state index contributed by atoms with van der Waals surface area (Å²) in [5.41, 5.74) is -0.355. The predicted octanol–water partition coefficient (Wildman–Crippen LogP) is 0.849. The summed E-state index contributed by atoms with van der Waals surface area (Å²) in [5, 5.41) is 15.8. The van der Waals surface area contributed by atoms with E-state index in [0.29, 0.717) is 6.54 Å². The number of amides is 2. The number of carbonyl (C=O) groups excluding carboxylic acids is 2. The van der Waals surface area contributed by atoms with Gasteiger partial charge in [0.15, 0.2) is 0 Å². The summed E-state index contributed by atoms with van der Waals surface area (Å²) < 4.78 is 0. The molecule has 7 heteroatoms. The molecule has 0 saturated heterocycles. The Morgan fingerprint density at radius 2 is 2.00 bits per heavy atom. The minimum Gasteiger partial charge on any atom is -0.355 e. The first-order valence-electron chi connectivity index (χ1n) is 5.79. The summed E-state index contributed by atoms with van der Waals surface area (Å²) in [6, 6.07) is 4.83. The molecule has 1 atom stereocenters. The molecule has 0 saturated carbocycles. The third-order valence-electron chi connectivity index (χ3n) is 2.44. The molecular weight excluding hydrogens is 250 g/mol. The number of para-hydroxylation sites is 1. The molecular formula is C12H15N3O4. The van der Waals surface area contributed by atoms with Crippen LogP contribution in [0.5, 0.6) is 0 Å². The van der Waals surface area contributed by atoms with Gasteiger partial charge in [-0.2, -0.15) is 0 Å². The van der Waals surface area contributed by atoms with E-state index in [0.717, 1.165) is 0 Å². The van der Waals surface area contributed by atoms with Crippen LogP contribution in [0.4, 0.5) is 5.69 Å². The van der Waals surface area contributed by atoms with Crippen LogP contribution >= 0.6 is 0 Å². The highest BCUT2D eigenvalue weighted by Crippen LogP contribution is 2.17. The molecule has 19 heavy (non-hydrogen) atoms. The lowest BCUT2D eigenvalue weighted by Crippen LogP contribution is -2.44. The molecule has 0 aliphatic rings. The molecule has 1 rings (SSSR count). The Morgan fingerprint density at radius 3 is 2.58 bits per heavy atom. The molecule has 0 spiro atoms. The standard InChI is InChI=1S/C12H15N3O4/c1-3-13-11(16)8(2)14-12(17)9-6-4-5-7-10(9)15(18)19/h4-8H,3H2,1-2H3,(H,13,16)(H,14,17)/t8-/m1/s1. The fraction of sp³-hybridized carbons (Fsp3) is 0.333. The van der Waals surface area contributed by atoms with Gasteiger partial charge in [0.25, 0.3) is 11.6 Å². The van der Waals surface area contributed by atoms with E-state index >= 15 is 0 Å². The molecule has 0 bridgehead atoms.